The molecule has 0 aliphatic rings. The van der Waals surface area contributed by atoms with Crippen molar-refractivity contribution in [2.45, 2.75) is 18.0 Å². The maximum Gasteiger partial charge on any atom is 0.416 e. The predicted molar refractivity (Wildman–Crippen MR) is 102 cm³/mol. The van der Waals surface area contributed by atoms with Crippen molar-refractivity contribution in [2.75, 3.05) is 5.75 Å². The zero-order valence-electron chi connectivity index (χ0n) is 16.5. The molecule has 0 saturated carbocycles. The lowest BCUT2D eigenvalue weighted by Gasteiger charge is -2.10. The largest absolute Gasteiger partial charge is 0.416 e. The number of nitrogens with zero attached hydrogens (tertiary/aromatic N) is 8. The number of sulfone groups is 1. The highest BCUT2D eigenvalue weighted by atomic mass is 32.2. The Morgan fingerprint density at radius 3 is 2.45 bits per heavy atom. The van der Waals surface area contributed by atoms with E-state index >= 15 is 0 Å². The van der Waals surface area contributed by atoms with E-state index < -0.39 is 21.6 Å². The van der Waals surface area contributed by atoms with Crippen molar-refractivity contribution in [1.29, 1.82) is 0 Å². The summed E-state index contributed by atoms with van der Waals surface area (Å²) in [6.45, 7) is 1.49. The SMILES string of the molecule is CCS(=O)(=O)c1cc2c(nnn2C)nc1-c1nnc(-c2cc(C(F)(F)F)ccn2)n1C. The molecule has 0 amide bonds. The molecular weight excluding hydrogens is 437 g/mol. The molecule has 0 radical (unpaired) electrons. The summed E-state index contributed by atoms with van der Waals surface area (Å²) in [5.41, 5.74) is -0.401. The van der Waals surface area contributed by atoms with Crippen molar-refractivity contribution in [3.8, 4) is 23.0 Å². The Morgan fingerprint density at radius 2 is 1.77 bits per heavy atom. The van der Waals surface area contributed by atoms with E-state index in [-0.39, 0.29) is 39.3 Å². The fraction of sp³-hybridized carbons (Fsp3) is 0.294. The molecule has 4 aromatic heterocycles. The van der Waals surface area contributed by atoms with Crippen LogP contribution in [0, 0.1) is 0 Å². The molecular formula is C17H15F3N8O2S. The molecule has 0 bridgehead atoms. The first kappa shape index (κ1) is 20.8. The summed E-state index contributed by atoms with van der Waals surface area (Å²) in [6.07, 6.45) is -3.54. The molecule has 0 fully saturated rings. The molecule has 0 saturated heterocycles. The van der Waals surface area contributed by atoms with Gasteiger partial charge in [0.25, 0.3) is 0 Å². The first-order valence-electron chi connectivity index (χ1n) is 8.89. The van der Waals surface area contributed by atoms with Crippen LogP contribution in [0.25, 0.3) is 34.2 Å². The number of aryl methyl sites for hydroxylation is 1. The third kappa shape index (κ3) is 3.52. The molecule has 0 aliphatic heterocycles. The van der Waals surface area contributed by atoms with Crippen molar-refractivity contribution in [2.24, 2.45) is 14.1 Å². The van der Waals surface area contributed by atoms with E-state index in [1.165, 1.54) is 29.3 Å². The second-order valence-corrected chi connectivity index (χ2v) is 8.87. The van der Waals surface area contributed by atoms with Gasteiger partial charge in [0.1, 0.15) is 16.9 Å². The van der Waals surface area contributed by atoms with E-state index in [4.69, 9.17) is 0 Å². The van der Waals surface area contributed by atoms with Crippen molar-refractivity contribution >= 4 is 21.0 Å². The lowest BCUT2D eigenvalue weighted by molar-refractivity contribution is -0.137. The quantitative estimate of drug-likeness (QED) is 0.461. The maximum absolute atomic E-state index is 13.1. The topological polar surface area (TPSA) is 121 Å². The van der Waals surface area contributed by atoms with Gasteiger partial charge in [0, 0.05) is 20.3 Å². The van der Waals surface area contributed by atoms with Crippen LogP contribution in [-0.2, 0) is 30.1 Å². The average molecular weight is 452 g/mol. The average Bonchev–Trinajstić information content (AvgIpc) is 3.29. The first-order chi connectivity index (χ1) is 14.5. The third-order valence-corrected chi connectivity index (χ3v) is 6.43. The Morgan fingerprint density at radius 1 is 1.06 bits per heavy atom. The molecule has 0 unspecified atom stereocenters. The second kappa shape index (κ2) is 7.08. The molecule has 0 N–H and O–H groups in total. The van der Waals surface area contributed by atoms with E-state index in [2.05, 4.69) is 30.5 Å². The van der Waals surface area contributed by atoms with E-state index in [9.17, 15) is 21.6 Å². The van der Waals surface area contributed by atoms with Gasteiger partial charge in [-0.05, 0) is 18.2 Å². The number of aromatic nitrogens is 8. The van der Waals surface area contributed by atoms with Gasteiger partial charge >= 0.3 is 6.18 Å². The van der Waals surface area contributed by atoms with Gasteiger partial charge in [0.05, 0.1) is 16.2 Å². The minimum atomic E-state index is -4.56. The molecule has 4 heterocycles. The van der Waals surface area contributed by atoms with Gasteiger partial charge in [-0.25, -0.2) is 18.1 Å². The second-order valence-electron chi connectivity index (χ2n) is 6.63. The Balaban J connectivity index is 1.93. The predicted octanol–water partition coefficient (Wildman–Crippen LogP) is 2.03. The number of halogens is 3. The van der Waals surface area contributed by atoms with Gasteiger partial charge in [-0.2, -0.15) is 13.2 Å². The molecule has 4 aromatic rings. The number of rotatable bonds is 4. The minimum absolute atomic E-state index is 0.0157. The fourth-order valence-electron chi connectivity index (χ4n) is 2.99. The Hall–Kier alpha value is -3.42. The van der Waals surface area contributed by atoms with E-state index in [0.717, 1.165) is 18.3 Å². The standard InChI is InChI=1S/C17H15F3N8O2S/c1-4-31(29,30)12-8-11-14(23-26-28(11)3)22-13(12)16-25-24-15(27(16)2)10-7-9(5-6-21-10)17(18,19)20/h5-8H,4H2,1-3H3. The monoisotopic (exact) mass is 452 g/mol. The van der Waals surface area contributed by atoms with Gasteiger partial charge in [0.15, 0.2) is 21.5 Å². The molecule has 0 atom stereocenters. The van der Waals surface area contributed by atoms with Crippen LogP contribution in [0.3, 0.4) is 0 Å². The van der Waals surface area contributed by atoms with Crippen molar-refractivity contribution < 1.29 is 21.6 Å². The maximum atomic E-state index is 13.1. The Labute approximate surface area is 173 Å². The van der Waals surface area contributed by atoms with Gasteiger partial charge in [-0.3, -0.25) is 4.98 Å². The van der Waals surface area contributed by atoms with Gasteiger partial charge < -0.3 is 4.57 Å². The summed E-state index contributed by atoms with van der Waals surface area (Å²) in [5.74, 6) is -0.144. The van der Waals surface area contributed by atoms with Crippen molar-refractivity contribution in [3.05, 3.63) is 30.0 Å². The number of fused-ring (bicyclic) bond motifs is 1. The summed E-state index contributed by atoms with van der Waals surface area (Å²) < 4.78 is 67.4. The third-order valence-electron chi connectivity index (χ3n) is 4.69. The molecule has 31 heavy (non-hydrogen) atoms. The molecule has 0 aromatic carbocycles. The molecule has 4 rings (SSSR count). The van der Waals surface area contributed by atoms with Gasteiger partial charge in [-0.15, -0.1) is 15.3 Å². The van der Waals surface area contributed by atoms with E-state index in [1.807, 2.05) is 0 Å². The van der Waals surface area contributed by atoms with Crippen LogP contribution in [0.1, 0.15) is 12.5 Å². The number of pyridine rings is 2. The highest BCUT2D eigenvalue weighted by Gasteiger charge is 2.32. The van der Waals surface area contributed by atoms with Crippen LogP contribution in [0.15, 0.2) is 29.3 Å². The zero-order valence-corrected chi connectivity index (χ0v) is 17.3. The highest BCUT2D eigenvalue weighted by molar-refractivity contribution is 7.91. The summed E-state index contributed by atoms with van der Waals surface area (Å²) >= 11 is 0. The molecule has 0 aliphatic carbocycles. The normalized spacial score (nSPS) is 12.6. The number of alkyl halides is 3. The number of hydrogen-bond acceptors (Lipinski definition) is 8. The van der Waals surface area contributed by atoms with Crippen LogP contribution in [0.5, 0.6) is 0 Å². The van der Waals surface area contributed by atoms with Crippen molar-refractivity contribution in [1.82, 2.24) is 39.7 Å². The summed E-state index contributed by atoms with van der Waals surface area (Å²) in [5, 5.41) is 15.6. The minimum Gasteiger partial charge on any atom is -0.307 e. The van der Waals surface area contributed by atoms with Crippen molar-refractivity contribution in [3.63, 3.8) is 0 Å². The first-order valence-corrected chi connectivity index (χ1v) is 10.5. The fourth-order valence-corrected chi connectivity index (χ4v) is 4.02. The molecule has 14 heteroatoms. The van der Waals surface area contributed by atoms with Gasteiger partial charge in [-0.1, -0.05) is 12.1 Å². The summed E-state index contributed by atoms with van der Waals surface area (Å²) in [4.78, 5) is 8.15. The van der Waals surface area contributed by atoms with Crippen LogP contribution < -0.4 is 0 Å². The van der Waals surface area contributed by atoms with Crippen LogP contribution in [0.4, 0.5) is 13.2 Å². The Bertz CT molecular complexity index is 1410. The lowest BCUT2D eigenvalue weighted by Crippen LogP contribution is -2.10. The molecule has 0 spiro atoms. The van der Waals surface area contributed by atoms with Crippen LogP contribution >= 0.6 is 0 Å². The zero-order chi connectivity index (χ0) is 22.6. The molecule has 162 valence electrons. The summed E-state index contributed by atoms with van der Waals surface area (Å²) in [6, 6.07) is 3.08. The van der Waals surface area contributed by atoms with Crippen LogP contribution in [-0.4, -0.2) is 53.9 Å². The summed E-state index contributed by atoms with van der Waals surface area (Å²) in [7, 11) is -0.659. The highest BCUT2D eigenvalue weighted by Crippen LogP contribution is 2.32. The number of hydrogen-bond donors (Lipinski definition) is 0. The van der Waals surface area contributed by atoms with E-state index in [0.29, 0.717) is 5.52 Å². The van der Waals surface area contributed by atoms with Gasteiger partial charge in [0.2, 0.25) is 5.65 Å². The molecule has 10 nitrogen and oxygen atoms in total. The van der Waals surface area contributed by atoms with E-state index in [1.54, 1.807) is 7.05 Å². The van der Waals surface area contributed by atoms with Crippen LogP contribution in [0.2, 0.25) is 0 Å². The lowest BCUT2D eigenvalue weighted by atomic mass is 10.2. The Kier molecular flexibility index (Phi) is 4.76. The smallest absolute Gasteiger partial charge is 0.307 e.